The molecule has 0 radical (unpaired) electrons. The van der Waals surface area contributed by atoms with Crippen molar-refractivity contribution < 1.29 is 9.90 Å². The first-order valence-electron chi connectivity index (χ1n) is 7.83. The van der Waals surface area contributed by atoms with Crippen molar-refractivity contribution in [1.82, 2.24) is 9.88 Å². The Balaban J connectivity index is 1.60. The molecule has 2 heterocycles. The summed E-state index contributed by atoms with van der Waals surface area (Å²) >= 11 is 1.85. The van der Waals surface area contributed by atoms with Gasteiger partial charge >= 0.3 is 5.97 Å². The molecule has 1 aliphatic carbocycles. The van der Waals surface area contributed by atoms with Crippen LogP contribution < -0.4 is 0 Å². The van der Waals surface area contributed by atoms with E-state index < -0.39 is 5.97 Å². The minimum Gasteiger partial charge on any atom is -0.481 e. The summed E-state index contributed by atoms with van der Waals surface area (Å²) in [6, 6.07) is 0. The SMILES string of the molecule is CC1(C)CN(Cc2cnc(C3CCC3)s2)CC1CC(=O)O. The molecule has 1 aromatic rings. The van der Waals surface area contributed by atoms with Crippen LogP contribution in [0, 0.1) is 11.3 Å². The first-order valence-corrected chi connectivity index (χ1v) is 8.64. The van der Waals surface area contributed by atoms with Gasteiger partial charge in [-0.3, -0.25) is 9.69 Å². The van der Waals surface area contributed by atoms with Gasteiger partial charge < -0.3 is 5.11 Å². The van der Waals surface area contributed by atoms with Gasteiger partial charge in [0, 0.05) is 43.0 Å². The molecule has 5 heteroatoms. The number of carbonyl (C=O) groups is 1. The van der Waals surface area contributed by atoms with Crippen molar-refractivity contribution >= 4 is 17.3 Å². The molecule has 0 aromatic carbocycles. The van der Waals surface area contributed by atoms with E-state index in [9.17, 15) is 4.79 Å². The Morgan fingerprint density at radius 3 is 2.90 bits per heavy atom. The number of carboxylic acid groups (broad SMARTS) is 1. The second-order valence-corrected chi connectivity index (χ2v) is 8.39. The molecular formula is C16H24N2O2S. The topological polar surface area (TPSA) is 53.4 Å². The van der Waals surface area contributed by atoms with Gasteiger partial charge in [0.2, 0.25) is 0 Å². The number of thiazole rings is 1. The zero-order valence-corrected chi connectivity index (χ0v) is 13.7. The number of hydrogen-bond acceptors (Lipinski definition) is 4. The van der Waals surface area contributed by atoms with Crippen LogP contribution in [-0.2, 0) is 11.3 Å². The van der Waals surface area contributed by atoms with Crippen molar-refractivity contribution in [3.05, 3.63) is 16.1 Å². The van der Waals surface area contributed by atoms with Crippen LogP contribution in [0.25, 0.3) is 0 Å². The molecule has 0 amide bonds. The third-order valence-corrected chi connectivity index (χ3v) is 6.19. The highest BCUT2D eigenvalue weighted by Crippen LogP contribution is 2.40. The van der Waals surface area contributed by atoms with E-state index in [0.717, 1.165) is 19.6 Å². The molecule has 116 valence electrons. The normalized spacial score (nSPS) is 25.9. The number of rotatable bonds is 5. The van der Waals surface area contributed by atoms with Crippen molar-refractivity contribution in [2.75, 3.05) is 13.1 Å². The van der Waals surface area contributed by atoms with Crippen LogP contribution >= 0.6 is 11.3 Å². The number of aliphatic carboxylic acids is 1. The Bertz CT molecular complexity index is 522. The van der Waals surface area contributed by atoms with E-state index >= 15 is 0 Å². The molecular weight excluding hydrogens is 284 g/mol. The summed E-state index contributed by atoms with van der Waals surface area (Å²) in [6.45, 7) is 7.15. The molecule has 3 rings (SSSR count). The van der Waals surface area contributed by atoms with E-state index in [-0.39, 0.29) is 17.8 Å². The Hall–Kier alpha value is -0.940. The van der Waals surface area contributed by atoms with Crippen LogP contribution in [0.5, 0.6) is 0 Å². The highest BCUT2D eigenvalue weighted by molar-refractivity contribution is 7.11. The van der Waals surface area contributed by atoms with Gasteiger partial charge in [0.15, 0.2) is 0 Å². The molecule has 21 heavy (non-hydrogen) atoms. The average Bonchev–Trinajstić information content (AvgIpc) is 2.82. The molecule has 2 fully saturated rings. The fourth-order valence-electron chi connectivity index (χ4n) is 3.46. The maximum atomic E-state index is 11.0. The lowest BCUT2D eigenvalue weighted by Gasteiger charge is -2.24. The second-order valence-electron chi connectivity index (χ2n) is 7.25. The van der Waals surface area contributed by atoms with Crippen LogP contribution in [0.1, 0.15) is 55.3 Å². The third kappa shape index (κ3) is 3.29. The van der Waals surface area contributed by atoms with Crippen molar-refractivity contribution in [2.45, 2.75) is 52.0 Å². The fourth-order valence-corrected chi connectivity index (χ4v) is 4.59. The van der Waals surface area contributed by atoms with E-state index in [1.807, 2.05) is 17.5 Å². The smallest absolute Gasteiger partial charge is 0.303 e. The first kappa shape index (κ1) is 15.0. The summed E-state index contributed by atoms with van der Waals surface area (Å²) in [4.78, 5) is 19.3. The Morgan fingerprint density at radius 1 is 1.52 bits per heavy atom. The fraction of sp³-hybridized carbons (Fsp3) is 0.750. The molecule has 1 saturated carbocycles. The maximum Gasteiger partial charge on any atom is 0.303 e. The lowest BCUT2D eigenvalue weighted by Crippen LogP contribution is -2.24. The number of nitrogens with zero attached hydrogens (tertiary/aromatic N) is 2. The molecule has 1 saturated heterocycles. The first-order chi connectivity index (χ1) is 9.94. The van der Waals surface area contributed by atoms with E-state index in [0.29, 0.717) is 5.92 Å². The monoisotopic (exact) mass is 308 g/mol. The van der Waals surface area contributed by atoms with Gasteiger partial charge in [-0.15, -0.1) is 11.3 Å². The van der Waals surface area contributed by atoms with Crippen LogP contribution in [0.4, 0.5) is 0 Å². The van der Waals surface area contributed by atoms with E-state index in [4.69, 9.17) is 5.11 Å². The predicted octanol–water partition coefficient (Wildman–Crippen LogP) is 3.34. The summed E-state index contributed by atoms with van der Waals surface area (Å²) in [5.41, 5.74) is 0.0832. The van der Waals surface area contributed by atoms with Gasteiger partial charge in [0.1, 0.15) is 0 Å². The van der Waals surface area contributed by atoms with Crippen molar-refractivity contribution in [1.29, 1.82) is 0 Å². The second kappa shape index (κ2) is 5.69. The predicted molar refractivity (Wildman–Crippen MR) is 83.5 cm³/mol. The molecule has 1 aliphatic heterocycles. The third-order valence-electron chi connectivity index (χ3n) is 5.04. The van der Waals surface area contributed by atoms with Gasteiger partial charge in [0.05, 0.1) is 5.01 Å². The molecule has 0 bridgehead atoms. The van der Waals surface area contributed by atoms with Gasteiger partial charge in [0.25, 0.3) is 0 Å². The highest BCUT2D eigenvalue weighted by Gasteiger charge is 2.40. The van der Waals surface area contributed by atoms with Crippen LogP contribution in [0.2, 0.25) is 0 Å². The van der Waals surface area contributed by atoms with Crippen LogP contribution in [0.3, 0.4) is 0 Å². The van der Waals surface area contributed by atoms with E-state index in [1.54, 1.807) is 0 Å². The Morgan fingerprint density at radius 2 is 2.29 bits per heavy atom. The van der Waals surface area contributed by atoms with E-state index in [1.165, 1.54) is 29.1 Å². The summed E-state index contributed by atoms with van der Waals surface area (Å²) in [5.74, 6) is 0.271. The molecule has 0 spiro atoms. The Labute approximate surface area is 130 Å². The summed E-state index contributed by atoms with van der Waals surface area (Å²) in [5, 5.41) is 10.4. The van der Waals surface area contributed by atoms with Crippen LogP contribution in [-0.4, -0.2) is 34.0 Å². The van der Waals surface area contributed by atoms with Crippen molar-refractivity contribution in [2.24, 2.45) is 11.3 Å². The minimum absolute atomic E-state index is 0.0832. The molecule has 1 unspecified atom stereocenters. The van der Waals surface area contributed by atoms with Crippen molar-refractivity contribution in [3.8, 4) is 0 Å². The largest absolute Gasteiger partial charge is 0.481 e. The molecule has 1 aromatic heterocycles. The summed E-state index contributed by atoms with van der Waals surface area (Å²) in [7, 11) is 0. The zero-order chi connectivity index (χ0) is 15.0. The van der Waals surface area contributed by atoms with Crippen LogP contribution in [0.15, 0.2) is 6.20 Å². The number of aromatic nitrogens is 1. The summed E-state index contributed by atoms with van der Waals surface area (Å²) < 4.78 is 0. The lowest BCUT2D eigenvalue weighted by atomic mass is 9.80. The summed E-state index contributed by atoms with van der Waals surface area (Å²) in [6.07, 6.45) is 6.24. The van der Waals surface area contributed by atoms with Crippen molar-refractivity contribution in [3.63, 3.8) is 0 Å². The highest BCUT2D eigenvalue weighted by atomic mass is 32.1. The van der Waals surface area contributed by atoms with E-state index in [2.05, 4.69) is 23.7 Å². The molecule has 2 aliphatic rings. The molecule has 1 atom stereocenters. The standard InChI is InChI=1S/C16H24N2O2S/c1-16(2)10-18(8-12(16)6-14(19)20)9-13-7-17-15(21-13)11-4-3-5-11/h7,11-12H,3-6,8-10H2,1-2H3,(H,19,20). The number of likely N-dealkylation sites (tertiary alicyclic amines) is 1. The van der Waals surface area contributed by atoms with Gasteiger partial charge in [-0.05, 0) is 24.2 Å². The maximum absolute atomic E-state index is 11.0. The van der Waals surface area contributed by atoms with Gasteiger partial charge in [-0.1, -0.05) is 20.3 Å². The lowest BCUT2D eigenvalue weighted by molar-refractivity contribution is -0.138. The quantitative estimate of drug-likeness (QED) is 0.906. The number of carboxylic acids is 1. The average molecular weight is 308 g/mol. The number of hydrogen-bond donors (Lipinski definition) is 1. The van der Waals surface area contributed by atoms with Gasteiger partial charge in [-0.2, -0.15) is 0 Å². The Kier molecular flexibility index (Phi) is 4.06. The van der Waals surface area contributed by atoms with Gasteiger partial charge in [-0.25, -0.2) is 4.98 Å². The zero-order valence-electron chi connectivity index (χ0n) is 12.8. The molecule has 1 N–H and O–H groups in total. The molecule has 4 nitrogen and oxygen atoms in total. The minimum atomic E-state index is -0.681.